The van der Waals surface area contributed by atoms with Gasteiger partial charge in [0.2, 0.25) is 5.91 Å². The number of carbonyl (C=O) groups is 2. The van der Waals surface area contributed by atoms with Crippen LogP contribution in [0.25, 0.3) is 10.9 Å². The smallest absolute Gasteiger partial charge is 0.323 e. The number of ether oxygens (including phenoxy) is 2. The monoisotopic (exact) mass is 527 g/mol. The molecule has 1 amide bonds. The van der Waals surface area contributed by atoms with Crippen LogP contribution in [0, 0.1) is 5.82 Å². The highest BCUT2D eigenvalue weighted by Crippen LogP contribution is 2.34. The van der Waals surface area contributed by atoms with Gasteiger partial charge in [-0.2, -0.15) is 0 Å². The summed E-state index contributed by atoms with van der Waals surface area (Å²) in [6.07, 6.45) is 4.13. The first-order chi connectivity index (χ1) is 17.9. The lowest BCUT2D eigenvalue weighted by molar-refractivity contribution is -0.156. The molecule has 1 aromatic heterocycles. The van der Waals surface area contributed by atoms with Crippen molar-refractivity contribution in [2.75, 3.05) is 36.9 Å². The second kappa shape index (κ2) is 12.0. The van der Waals surface area contributed by atoms with Gasteiger partial charge >= 0.3 is 5.97 Å². The molecular formula is C26H27ClFN5O4. The molecular weight excluding hydrogens is 501 g/mol. The van der Waals surface area contributed by atoms with E-state index in [1.54, 1.807) is 18.2 Å². The van der Waals surface area contributed by atoms with Gasteiger partial charge in [-0.25, -0.2) is 14.4 Å². The van der Waals surface area contributed by atoms with Gasteiger partial charge in [-0.3, -0.25) is 14.5 Å². The van der Waals surface area contributed by atoms with Crippen molar-refractivity contribution in [1.82, 2.24) is 14.9 Å². The average Bonchev–Trinajstić information content (AvgIpc) is 2.88. The first-order valence-electron chi connectivity index (χ1n) is 11.8. The minimum atomic E-state index is -0.524. The lowest BCUT2D eigenvalue weighted by atomic mass is 10.1. The minimum Gasteiger partial charge on any atom is -0.491 e. The number of rotatable bonds is 10. The lowest BCUT2D eigenvalue weighted by Crippen LogP contribution is -2.47. The van der Waals surface area contributed by atoms with Crippen molar-refractivity contribution in [2.45, 2.75) is 25.8 Å². The molecule has 37 heavy (non-hydrogen) atoms. The van der Waals surface area contributed by atoms with E-state index in [4.69, 9.17) is 21.1 Å². The summed E-state index contributed by atoms with van der Waals surface area (Å²) in [6.45, 7) is 7.64. The Hall–Kier alpha value is -3.76. The van der Waals surface area contributed by atoms with E-state index in [0.717, 1.165) is 25.9 Å². The maximum atomic E-state index is 13.6. The van der Waals surface area contributed by atoms with Gasteiger partial charge in [-0.15, -0.1) is 0 Å². The highest BCUT2D eigenvalue weighted by Gasteiger charge is 2.26. The number of nitrogens with one attached hydrogen (secondary N) is 2. The fraction of sp³-hybridized carbons (Fsp3) is 0.308. The number of nitrogens with zero attached hydrogens (tertiary/aromatic N) is 3. The molecule has 194 valence electrons. The molecule has 1 aliphatic heterocycles. The van der Waals surface area contributed by atoms with E-state index in [1.807, 2.05) is 6.92 Å². The number of carbonyl (C=O) groups excluding carboxylic acids is 2. The predicted octanol–water partition coefficient (Wildman–Crippen LogP) is 4.70. The van der Waals surface area contributed by atoms with Gasteiger partial charge in [0.15, 0.2) is 0 Å². The van der Waals surface area contributed by atoms with Crippen molar-refractivity contribution in [3.8, 4) is 5.75 Å². The minimum absolute atomic E-state index is 0.0207. The third-order valence-electron chi connectivity index (χ3n) is 5.97. The molecule has 2 N–H and O–H groups in total. The highest BCUT2D eigenvalue weighted by atomic mass is 35.5. The van der Waals surface area contributed by atoms with Crippen molar-refractivity contribution in [3.05, 3.63) is 60.2 Å². The van der Waals surface area contributed by atoms with Crippen LogP contribution in [0.15, 0.2) is 49.3 Å². The van der Waals surface area contributed by atoms with Crippen LogP contribution in [0.2, 0.25) is 5.02 Å². The van der Waals surface area contributed by atoms with Gasteiger partial charge in [-0.05, 0) is 56.7 Å². The Morgan fingerprint density at radius 1 is 1.32 bits per heavy atom. The van der Waals surface area contributed by atoms with Crippen LogP contribution in [-0.4, -0.2) is 59.1 Å². The molecule has 0 spiro atoms. The number of unbranched alkanes of at least 4 members (excludes halogenated alkanes) is 1. The van der Waals surface area contributed by atoms with E-state index < -0.39 is 11.7 Å². The number of benzene rings is 2. The highest BCUT2D eigenvalue weighted by molar-refractivity contribution is 6.31. The Bertz CT molecular complexity index is 1320. The molecule has 3 aromatic rings. The summed E-state index contributed by atoms with van der Waals surface area (Å²) in [5.41, 5.74) is 1.55. The van der Waals surface area contributed by atoms with Gasteiger partial charge in [0.1, 0.15) is 36.4 Å². The van der Waals surface area contributed by atoms with Crippen LogP contribution in [0.5, 0.6) is 5.75 Å². The summed E-state index contributed by atoms with van der Waals surface area (Å²) < 4.78 is 24.6. The number of cyclic esters (lactones) is 1. The molecule has 1 fully saturated rings. The number of halogens is 2. The van der Waals surface area contributed by atoms with Gasteiger partial charge in [-0.1, -0.05) is 18.2 Å². The van der Waals surface area contributed by atoms with Crippen molar-refractivity contribution < 1.29 is 23.5 Å². The van der Waals surface area contributed by atoms with Crippen molar-refractivity contribution in [1.29, 1.82) is 0 Å². The number of hydrogen-bond acceptors (Lipinski definition) is 8. The molecule has 9 nitrogen and oxygen atoms in total. The van der Waals surface area contributed by atoms with Crippen molar-refractivity contribution in [3.63, 3.8) is 0 Å². The van der Waals surface area contributed by atoms with Gasteiger partial charge in [0.25, 0.3) is 0 Å². The van der Waals surface area contributed by atoms with Crippen LogP contribution in [0.1, 0.15) is 19.8 Å². The summed E-state index contributed by atoms with van der Waals surface area (Å²) in [5, 5.41) is 6.47. The second-order valence-corrected chi connectivity index (χ2v) is 8.88. The van der Waals surface area contributed by atoms with Crippen LogP contribution >= 0.6 is 11.6 Å². The van der Waals surface area contributed by atoms with Crippen LogP contribution in [-0.2, 0) is 14.3 Å². The predicted molar refractivity (Wildman–Crippen MR) is 140 cm³/mol. The molecule has 1 aliphatic rings. The number of fused-ring (bicyclic) bond motifs is 1. The van der Waals surface area contributed by atoms with Crippen LogP contribution in [0.4, 0.5) is 21.6 Å². The summed E-state index contributed by atoms with van der Waals surface area (Å²) >= 11 is 5.90. The summed E-state index contributed by atoms with van der Waals surface area (Å²) in [7, 11) is 0. The Labute approximate surface area is 218 Å². The molecule has 1 unspecified atom stereocenters. The summed E-state index contributed by atoms with van der Waals surface area (Å²) in [6, 6.07) is 7.44. The molecule has 0 radical (unpaired) electrons. The van der Waals surface area contributed by atoms with E-state index >= 15 is 0 Å². The van der Waals surface area contributed by atoms with E-state index in [-0.39, 0.29) is 17.0 Å². The molecule has 11 heteroatoms. The number of morpholine rings is 1. The Morgan fingerprint density at radius 2 is 2.16 bits per heavy atom. The standard InChI is InChI=1S/C26H27ClFN5O4/c1-3-24(34)32-22-13-18-21(29-15-30-25(18)31-17-6-7-20(28)19(27)12-17)14-23(22)36-10-5-4-8-33-9-11-37-26(35)16(33)2/h3,6-7,12-16H,1,4-5,8-11H2,2H3,(H,32,34)(H,29,30,31). The number of anilines is 3. The molecule has 0 bridgehead atoms. The Morgan fingerprint density at radius 3 is 2.95 bits per heavy atom. The lowest BCUT2D eigenvalue weighted by Gasteiger charge is -2.31. The van der Waals surface area contributed by atoms with Gasteiger partial charge < -0.3 is 20.1 Å². The largest absolute Gasteiger partial charge is 0.491 e. The number of aromatic nitrogens is 2. The van der Waals surface area contributed by atoms with Crippen molar-refractivity contribution in [2.24, 2.45) is 0 Å². The first-order valence-corrected chi connectivity index (χ1v) is 12.2. The number of amides is 1. The van der Waals surface area contributed by atoms with E-state index in [9.17, 15) is 14.0 Å². The van der Waals surface area contributed by atoms with Gasteiger partial charge in [0.05, 0.1) is 22.8 Å². The van der Waals surface area contributed by atoms with Crippen LogP contribution in [0.3, 0.4) is 0 Å². The fourth-order valence-corrected chi connectivity index (χ4v) is 4.11. The number of esters is 1. The molecule has 2 heterocycles. The molecule has 0 aliphatic carbocycles. The maximum Gasteiger partial charge on any atom is 0.323 e. The topological polar surface area (TPSA) is 106 Å². The molecule has 4 rings (SSSR count). The quantitative estimate of drug-likeness (QED) is 0.222. The third kappa shape index (κ3) is 6.52. The maximum absolute atomic E-state index is 13.6. The molecule has 2 aromatic carbocycles. The normalized spacial score (nSPS) is 15.8. The first kappa shape index (κ1) is 26.3. The zero-order chi connectivity index (χ0) is 26.4. The van der Waals surface area contributed by atoms with Crippen molar-refractivity contribution >= 4 is 51.6 Å². The zero-order valence-electron chi connectivity index (χ0n) is 20.3. The Kier molecular flexibility index (Phi) is 8.52. The van der Waals surface area contributed by atoms with E-state index in [1.165, 1.54) is 24.5 Å². The third-order valence-corrected chi connectivity index (χ3v) is 6.26. The Balaban J connectivity index is 1.49. The molecule has 1 saturated heterocycles. The van der Waals surface area contributed by atoms with E-state index in [0.29, 0.717) is 47.1 Å². The van der Waals surface area contributed by atoms with Crippen LogP contribution < -0.4 is 15.4 Å². The molecule has 1 atom stereocenters. The van der Waals surface area contributed by atoms with Gasteiger partial charge in [0, 0.05) is 23.7 Å². The summed E-state index contributed by atoms with van der Waals surface area (Å²) in [4.78, 5) is 34.6. The molecule has 0 saturated carbocycles. The average molecular weight is 528 g/mol. The summed E-state index contributed by atoms with van der Waals surface area (Å²) in [5.74, 6) is -0.218. The number of hydrogen-bond donors (Lipinski definition) is 2. The fourth-order valence-electron chi connectivity index (χ4n) is 3.93. The SMILES string of the molecule is C=CC(=O)Nc1cc2c(Nc3ccc(F)c(Cl)c3)ncnc2cc1OCCCCN1CCOC(=O)C1C. The second-order valence-electron chi connectivity index (χ2n) is 8.47. The van der Waals surface area contributed by atoms with E-state index in [2.05, 4.69) is 32.1 Å². The zero-order valence-corrected chi connectivity index (χ0v) is 21.1.